The maximum absolute atomic E-state index is 13.3. The molecule has 1 atom stereocenters. The molecule has 0 bridgehead atoms. The molecular weight excluding hydrogens is 511 g/mol. The molecule has 8 nitrogen and oxygen atoms in total. The molecular formula is C25H22F3N3O5S. The maximum atomic E-state index is 13.3. The van der Waals surface area contributed by atoms with Crippen molar-refractivity contribution in [2.45, 2.75) is 30.5 Å². The lowest BCUT2D eigenvalue weighted by atomic mass is 9.93. The van der Waals surface area contributed by atoms with E-state index in [0.717, 1.165) is 35.4 Å². The number of carbonyl (C=O) groups is 2. The van der Waals surface area contributed by atoms with Crippen LogP contribution in [-0.2, 0) is 25.5 Å². The second-order valence-corrected chi connectivity index (χ2v) is 10.1. The molecule has 3 rings (SSSR count). The lowest BCUT2D eigenvalue weighted by molar-refractivity contribution is -0.139. The van der Waals surface area contributed by atoms with Gasteiger partial charge in [0.15, 0.2) is 9.84 Å². The standard InChI is InChI=1S/C25H22F3N3O5S/c1-4-5-11-36-23(32)21-15(2)31(18-8-6-7-17(13-18)25(26,27)28)24(33)30-22(21)19-10-9-16(14-29)12-20(19)37(3,34)35/h4,6-10,12-13,22H,1,5,11H2,2-3H3,(H,30,33)/t22-/m1/s1. The Balaban J connectivity index is 2.24. The van der Waals surface area contributed by atoms with Crippen molar-refractivity contribution in [3.8, 4) is 6.07 Å². The van der Waals surface area contributed by atoms with Gasteiger partial charge in [-0.15, -0.1) is 6.58 Å². The van der Waals surface area contributed by atoms with E-state index >= 15 is 0 Å². The van der Waals surface area contributed by atoms with E-state index in [0.29, 0.717) is 6.42 Å². The summed E-state index contributed by atoms with van der Waals surface area (Å²) in [6, 6.07) is 7.33. The molecule has 37 heavy (non-hydrogen) atoms. The molecule has 1 aliphatic rings. The van der Waals surface area contributed by atoms with Gasteiger partial charge in [-0.2, -0.15) is 18.4 Å². The van der Waals surface area contributed by atoms with Crippen LogP contribution < -0.4 is 10.2 Å². The summed E-state index contributed by atoms with van der Waals surface area (Å²) in [4.78, 5) is 27.0. The van der Waals surface area contributed by atoms with Crippen LogP contribution in [0.1, 0.15) is 36.1 Å². The number of nitriles is 1. The van der Waals surface area contributed by atoms with Crippen LogP contribution in [0.2, 0.25) is 0 Å². The molecule has 0 aliphatic carbocycles. The molecule has 0 unspecified atom stereocenters. The van der Waals surface area contributed by atoms with E-state index in [1.54, 1.807) is 0 Å². The third kappa shape index (κ3) is 5.83. The van der Waals surface area contributed by atoms with Gasteiger partial charge >= 0.3 is 18.2 Å². The zero-order valence-electron chi connectivity index (χ0n) is 19.8. The van der Waals surface area contributed by atoms with Crippen molar-refractivity contribution in [1.82, 2.24) is 5.32 Å². The fourth-order valence-electron chi connectivity index (χ4n) is 3.85. The summed E-state index contributed by atoms with van der Waals surface area (Å²) in [6.45, 7) is 4.81. The maximum Gasteiger partial charge on any atom is 0.416 e. The smallest absolute Gasteiger partial charge is 0.416 e. The average Bonchev–Trinajstić information content (AvgIpc) is 2.82. The third-order valence-corrected chi connectivity index (χ3v) is 6.70. The van der Waals surface area contributed by atoms with Crippen molar-refractivity contribution in [1.29, 1.82) is 5.26 Å². The number of nitrogens with zero attached hydrogens (tertiary/aromatic N) is 2. The summed E-state index contributed by atoms with van der Waals surface area (Å²) >= 11 is 0. The Labute approximate surface area is 211 Å². The van der Waals surface area contributed by atoms with Crippen LogP contribution in [-0.4, -0.2) is 33.3 Å². The Morgan fingerprint density at radius 2 is 1.97 bits per heavy atom. The Bertz CT molecular complexity index is 1440. The molecule has 1 aliphatic heterocycles. The first-order chi connectivity index (χ1) is 17.3. The predicted octanol–water partition coefficient (Wildman–Crippen LogP) is 4.64. The molecule has 194 valence electrons. The van der Waals surface area contributed by atoms with Crippen molar-refractivity contribution >= 4 is 27.5 Å². The summed E-state index contributed by atoms with van der Waals surface area (Å²) in [6.07, 6.45) is -1.96. The Morgan fingerprint density at radius 1 is 1.27 bits per heavy atom. The fourth-order valence-corrected chi connectivity index (χ4v) is 4.80. The number of allylic oxidation sites excluding steroid dienone is 1. The molecule has 0 spiro atoms. The highest BCUT2D eigenvalue weighted by Crippen LogP contribution is 2.38. The van der Waals surface area contributed by atoms with Gasteiger partial charge in [0, 0.05) is 12.0 Å². The molecule has 0 aromatic heterocycles. The molecule has 0 fully saturated rings. The highest BCUT2D eigenvalue weighted by Gasteiger charge is 2.40. The van der Waals surface area contributed by atoms with Gasteiger partial charge in [-0.3, -0.25) is 4.90 Å². The Morgan fingerprint density at radius 3 is 2.57 bits per heavy atom. The second-order valence-electron chi connectivity index (χ2n) is 8.11. The van der Waals surface area contributed by atoms with Crippen LogP contribution >= 0.6 is 0 Å². The van der Waals surface area contributed by atoms with Gasteiger partial charge in [-0.1, -0.05) is 18.2 Å². The summed E-state index contributed by atoms with van der Waals surface area (Å²) in [5.74, 6) is -0.912. The third-order valence-electron chi connectivity index (χ3n) is 5.54. The number of hydrogen-bond donors (Lipinski definition) is 1. The van der Waals surface area contributed by atoms with E-state index in [1.807, 2.05) is 6.07 Å². The molecule has 2 aromatic rings. The summed E-state index contributed by atoms with van der Waals surface area (Å²) in [5, 5.41) is 11.7. The number of hydrogen-bond acceptors (Lipinski definition) is 6. The minimum Gasteiger partial charge on any atom is -0.462 e. The van der Waals surface area contributed by atoms with Crippen molar-refractivity contribution < 1.29 is 35.9 Å². The predicted molar refractivity (Wildman–Crippen MR) is 128 cm³/mol. The number of nitrogens with one attached hydrogen (secondary N) is 1. The number of benzene rings is 2. The highest BCUT2D eigenvalue weighted by atomic mass is 32.2. The van der Waals surface area contributed by atoms with Crippen molar-refractivity contribution in [3.05, 3.63) is 83.1 Å². The van der Waals surface area contributed by atoms with E-state index in [9.17, 15) is 36.4 Å². The molecule has 2 amide bonds. The average molecular weight is 534 g/mol. The van der Waals surface area contributed by atoms with E-state index < -0.39 is 39.6 Å². The molecule has 1 heterocycles. The van der Waals surface area contributed by atoms with Gasteiger partial charge in [0.25, 0.3) is 0 Å². The van der Waals surface area contributed by atoms with Crippen LogP contribution in [0, 0.1) is 11.3 Å². The van der Waals surface area contributed by atoms with E-state index in [1.165, 1.54) is 31.2 Å². The van der Waals surface area contributed by atoms with Crippen LogP contribution in [0.25, 0.3) is 0 Å². The molecule has 0 saturated carbocycles. The van der Waals surface area contributed by atoms with Gasteiger partial charge < -0.3 is 10.1 Å². The highest BCUT2D eigenvalue weighted by molar-refractivity contribution is 7.90. The molecule has 2 aromatic carbocycles. The number of amides is 2. The van der Waals surface area contributed by atoms with Gasteiger partial charge in [-0.25, -0.2) is 18.0 Å². The quantitative estimate of drug-likeness (QED) is 0.315. The minimum atomic E-state index is -4.68. The van der Waals surface area contributed by atoms with E-state index in [4.69, 9.17) is 4.74 Å². The Kier molecular flexibility index (Phi) is 7.78. The minimum absolute atomic E-state index is 0.00596. The van der Waals surface area contributed by atoms with Gasteiger partial charge in [0.2, 0.25) is 0 Å². The number of urea groups is 1. The van der Waals surface area contributed by atoms with Crippen molar-refractivity contribution in [2.75, 3.05) is 17.8 Å². The van der Waals surface area contributed by atoms with Gasteiger partial charge in [-0.05, 0) is 49.2 Å². The summed E-state index contributed by atoms with van der Waals surface area (Å²) < 4.78 is 70.3. The first kappa shape index (κ1) is 27.5. The normalized spacial score (nSPS) is 16.2. The topological polar surface area (TPSA) is 117 Å². The fraction of sp³-hybridized carbons (Fsp3) is 0.240. The van der Waals surface area contributed by atoms with Gasteiger partial charge in [0.05, 0.1) is 46.0 Å². The SMILES string of the molecule is C=CCCOC(=O)C1=C(C)N(c2cccc(C(F)(F)F)c2)C(=O)N[C@@H]1c1ccc(C#N)cc1S(C)(=O)=O. The number of ether oxygens (including phenoxy) is 1. The first-order valence-electron chi connectivity index (χ1n) is 10.8. The van der Waals surface area contributed by atoms with Gasteiger partial charge in [0.1, 0.15) is 0 Å². The number of sulfone groups is 1. The van der Waals surface area contributed by atoms with Crippen molar-refractivity contribution in [2.24, 2.45) is 0 Å². The number of alkyl halides is 3. The van der Waals surface area contributed by atoms with E-state index in [2.05, 4.69) is 11.9 Å². The molecule has 0 radical (unpaired) electrons. The molecule has 0 saturated heterocycles. The number of rotatable bonds is 7. The van der Waals surface area contributed by atoms with Crippen molar-refractivity contribution in [3.63, 3.8) is 0 Å². The lowest BCUT2D eigenvalue weighted by Gasteiger charge is -2.36. The van der Waals surface area contributed by atoms with Crippen LogP contribution in [0.3, 0.4) is 0 Å². The number of halogens is 3. The number of carbonyl (C=O) groups excluding carboxylic acids is 2. The summed E-state index contributed by atoms with van der Waals surface area (Å²) in [7, 11) is -3.94. The Hall–Kier alpha value is -4.11. The monoisotopic (exact) mass is 533 g/mol. The first-order valence-corrected chi connectivity index (χ1v) is 12.7. The summed E-state index contributed by atoms with van der Waals surface area (Å²) in [5.41, 5.74) is -1.38. The van der Waals surface area contributed by atoms with Crippen LogP contribution in [0.15, 0.2) is 71.3 Å². The van der Waals surface area contributed by atoms with Crippen LogP contribution in [0.4, 0.5) is 23.7 Å². The zero-order chi connectivity index (χ0) is 27.5. The lowest BCUT2D eigenvalue weighted by Crippen LogP contribution is -2.48. The largest absolute Gasteiger partial charge is 0.462 e. The molecule has 12 heteroatoms. The second kappa shape index (κ2) is 10.5. The van der Waals surface area contributed by atoms with E-state index in [-0.39, 0.29) is 39.6 Å². The number of anilines is 1. The molecule has 1 N–H and O–H groups in total. The zero-order valence-corrected chi connectivity index (χ0v) is 20.6. The number of esters is 1. The van der Waals surface area contributed by atoms with Crippen LogP contribution in [0.5, 0.6) is 0 Å².